The molecule has 0 atom stereocenters. The monoisotopic (exact) mass is 510 g/mol. The van der Waals surface area contributed by atoms with Crippen LogP contribution < -0.4 is 0 Å². The van der Waals surface area contributed by atoms with Crippen LogP contribution in [0.2, 0.25) is 0 Å². The molecule has 1 aliphatic carbocycles. The second kappa shape index (κ2) is 10.2. The quantitative estimate of drug-likeness (QED) is 0.262. The first-order chi connectivity index (χ1) is 18.3. The average molecular weight is 511 g/mol. The Morgan fingerprint density at radius 3 is 1.95 bits per heavy atom. The molecule has 1 N–H and O–H groups in total. The van der Waals surface area contributed by atoms with E-state index in [9.17, 15) is 19.5 Å². The number of carbonyl (C=O) groups excluding carboxylic acids is 2. The number of ketones is 1. The van der Waals surface area contributed by atoms with Gasteiger partial charge in [0.15, 0.2) is 0 Å². The zero-order valence-corrected chi connectivity index (χ0v) is 22.0. The molecule has 3 aromatic carbocycles. The number of nitrogens with zero attached hydrogens (tertiary/aromatic N) is 2. The Labute approximate surface area is 223 Å². The van der Waals surface area contributed by atoms with Crippen molar-refractivity contribution in [1.82, 2.24) is 9.80 Å². The molecular weight excluding hydrogens is 476 g/mol. The summed E-state index contributed by atoms with van der Waals surface area (Å²) in [5, 5.41) is 10.5. The number of rotatable bonds is 8. The van der Waals surface area contributed by atoms with Crippen LogP contribution in [0.15, 0.2) is 78.9 Å². The van der Waals surface area contributed by atoms with Crippen LogP contribution >= 0.6 is 0 Å². The summed E-state index contributed by atoms with van der Waals surface area (Å²) in [6.07, 6.45) is 2.14. The summed E-state index contributed by atoms with van der Waals surface area (Å²) in [5.74, 6) is -1.72. The number of unbranched alkanes of at least 4 members (excludes halogenated alkanes) is 1. The smallest absolute Gasteiger partial charge is 0.318 e. The number of hydrogen-bond acceptors (Lipinski definition) is 4. The number of benzene rings is 3. The molecule has 5 rings (SSSR count). The number of piperazine rings is 1. The largest absolute Gasteiger partial charge is 0.480 e. The summed E-state index contributed by atoms with van der Waals surface area (Å²) in [5.41, 5.74) is 2.87. The van der Waals surface area contributed by atoms with Gasteiger partial charge in [0.05, 0.1) is 0 Å². The topological polar surface area (TPSA) is 77.9 Å². The maximum absolute atomic E-state index is 12.9. The summed E-state index contributed by atoms with van der Waals surface area (Å²) in [6.45, 7) is 6.66. The first-order valence-electron chi connectivity index (χ1n) is 13.3. The van der Waals surface area contributed by atoms with Crippen LogP contribution in [0, 0.1) is 0 Å². The molecule has 1 saturated heterocycles. The molecule has 0 bridgehead atoms. The highest BCUT2D eigenvalue weighted by molar-refractivity contribution is 6.42. The van der Waals surface area contributed by atoms with Crippen molar-refractivity contribution in [2.45, 2.75) is 44.1 Å². The zero-order chi connectivity index (χ0) is 26.9. The van der Waals surface area contributed by atoms with Gasteiger partial charge in [-0.25, -0.2) is 0 Å². The summed E-state index contributed by atoms with van der Waals surface area (Å²) in [6, 6.07) is 24.4. The second-order valence-corrected chi connectivity index (χ2v) is 11.0. The number of carboxylic acids is 1. The van der Waals surface area contributed by atoms with E-state index in [1.54, 1.807) is 29.2 Å². The van der Waals surface area contributed by atoms with Gasteiger partial charge in [0.25, 0.3) is 5.91 Å². The van der Waals surface area contributed by atoms with Gasteiger partial charge in [-0.05, 0) is 55.5 Å². The highest BCUT2D eigenvalue weighted by Gasteiger charge is 2.48. The van der Waals surface area contributed by atoms with E-state index in [0.29, 0.717) is 31.6 Å². The molecule has 38 heavy (non-hydrogen) atoms. The molecule has 3 aromatic rings. The van der Waals surface area contributed by atoms with E-state index in [1.165, 1.54) is 0 Å². The Balaban J connectivity index is 1.23. The SMILES string of the molecule is CC1(C)CN(C(=O)C(=O)c2ccccc2)CCN1CCCCC1(C(=O)O)c2ccccc2-c2ccccc21. The van der Waals surface area contributed by atoms with Gasteiger partial charge in [-0.2, -0.15) is 0 Å². The molecular formula is C32H34N2O4. The highest BCUT2D eigenvalue weighted by Crippen LogP contribution is 2.51. The lowest BCUT2D eigenvalue weighted by Crippen LogP contribution is -2.61. The van der Waals surface area contributed by atoms with Crippen molar-refractivity contribution in [3.05, 3.63) is 95.6 Å². The Hall–Kier alpha value is -3.77. The number of aliphatic carboxylic acids is 1. The van der Waals surface area contributed by atoms with E-state index >= 15 is 0 Å². The molecule has 2 aliphatic rings. The molecule has 1 fully saturated rings. The van der Waals surface area contributed by atoms with Crippen molar-refractivity contribution in [2.75, 3.05) is 26.2 Å². The van der Waals surface area contributed by atoms with Gasteiger partial charge in [0, 0.05) is 30.7 Å². The third kappa shape index (κ3) is 4.43. The van der Waals surface area contributed by atoms with Crippen molar-refractivity contribution in [1.29, 1.82) is 0 Å². The standard InChI is InChI=1S/C32H34N2O4/c1-31(2)22-33(29(36)28(35)23-12-4-3-5-13-23)20-21-34(31)19-11-10-18-32(30(37)38)26-16-8-6-14-24(26)25-15-7-9-17-27(25)32/h3-9,12-17H,10-11,18-22H2,1-2H3,(H,37,38). The Kier molecular flexibility index (Phi) is 6.93. The lowest BCUT2D eigenvalue weighted by Gasteiger charge is -2.47. The highest BCUT2D eigenvalue weighted by atomic mass is 16.4. The van der Waals surface area contributed by atoms with Crippen LogP contribution in [0.5, 0.6) is 0 Å². The van der Waals surface area contributed by atoms with Crippen molar-refractivity contribution in [3.8, 4) is 11.1 Å². The number of Topliss-reactive ketones (excluding diaryl/α,β-unsaturated/α-hetero) is 1. The van der Waals surface area contributed by atoms with Crippen molar-refractivity contribution >= 4 is 17.7 Å². The van der Waals surface area contributed by atoms with Gasteiger partial charge in [0.2, 0.25) is 5.78 Å². The Bertz CT molecular complexity index is 1320. The van der Waals surface area contributed by atoms with E-state index in [4.69, 9.17) is 0 Å². The van der Waals surface area contributed by atoms with Gasteiger partial charge in [-0.3, -0.25) is 19.3 Å². The first kappa shape index (κ1) is 25.9. The number of hydrogen-bond donors (Lipinski definition) is 1. The normalized spacial score (nSPS) is 17.5. The van der Waals surface area contributed by atoms with Gasteiger partial charge in [0.1, 0.15) is 5.41 Å². The first-order valence-corrected chi connectivity index (χ1v) is 13.3. The summed E-state index contributed by atoms with van der Waals surface area (Å²) in [4.78, 5) is 42.4. The fourth-order valence-corrected chi connectivity index (χ4v) is 6.26. The molecule has 0 spiro atoms. The molecule has 1 aliphatic heterocycles. The minimum Gasteiger partial charge on any atom is -0.480 e. The maximum atomic E-state index is 12.9. The zero-order valence-electron chi connectivity index (χ0n) is 22.0. The lowest BCUT2D eigenvalue weighted by atomic mass is 9.74. The van der Waals surface area contributed by atoms with Gasteiger partial charge < -0.3 is 10.0 Å². The van der Waals surface area contributed by atoms with Gasteiger partial charge >= 0.3 is 5.97 Å². The molecule has 0 radical (unpaired) electrons. The van der Waals surface area contributed by atoms with E-state index in [2.05, 4.69) is 18.7 Å². The van der Waals surface area contributed by atoms with Crippen molar-refractivity contribution < 1.29 is 19.5 Å². The minimum absolute atomic E-state index is 0.290. The second-order valence-electron chi connectivity index (χ2n) is 11.0. The van der Waals surface area contributed by atoms with Crippen LogP contribution in [0.4, 0.5) is 0 Å². The van der Waals surface area contributed by atoms with Crippen molar-refractivity contribution in [2.24, 2.45) is 0 Å². The van der Waals surface area contributed by atoms with Crippen LogP contribution in [0.3, 0.4) is 0 Å². The maximum Gasteiger partial charge on any atom is 0.318 e. The Morgan fingerprint density at radius 2 is 1.37 bits per heavy atom. The van der Waals surface area contributed by atoms with Gasteiger partial charge in [-0.15, -0.1) is 0 Å². The van der Waals surface area contributed by atoms with Gasteiger partial charge in [-0.1, -0.05) is 85.3 Å². The summed E-state index contributed by atoms with van der Waals surface area (Å²) >= 11 is 0. The molecule has 1 heterocycles. The predicted octanol–water partition coefficient (Wildman–Crippen LogP) is 5.01. The third-order valence-electron chi connectivity index (χ3n) is 8.25. The minimum atomic E-state index is -1.04. The molecule has 0 aromatic heterocycles. The Morgan fingerprint density at radius 1 is 0.789 bits per heavy atom. The fourth-order valence-electron chi connectivity index (χ4n) is 6.26. The molecule has 0 unspecified atom stereocenters. The van der Waals surface area contributed by atoms with Crippen LogP contribution in [0.25, 0.3) is 11.1 Å². The van der Waals surface area contributed by atoms with E-state index in [-0.39, 0.29) is 5.54 Å². The van der Waals surface area contributed by atoms with E-state index in [0.717, 1.165) is 41.6 Å². The summed E-state index contributed by atoms with van der Waals surface area (Å²) in [7, 11) is 0. The van der Waals surface area contributed by atoms with E-state index in [1.807, 2.05) is 54.6 Å². The molecule has 6 heteroatoms. The fraction of sp³-hybridized carbons (Fsp3) is 0.344. The number of carboxylic acid groups (broad SMARTS) is 1. The third-order valence-corrected chi connectivity index (χ3v) is 8.25. The van der Waals surface area contributed by atoms with Crippen LogP contribution in [-0.4, -0.2) is 64.3 Å². The number of carbonyl (C=O) groups is 3. The average Bonchev–Trinajstić information content (AvgIpc) is 3.22. The predicted molar refractivity (Wildman–Crippen MR) is 147 cm³/mol. The van der Waals surface area contributed by atoms with Crippen molar-refractivity contribution in [3.63, 3.8) is 0 Å². The molecule has 0 saturated carbocycles. The van der Waals surface area contributed by atoms with E-state index < -0.39 is 23.1 Å². The number of fused-ring (bicyclic) bond motifs is 3. The number of amides is 1. The lowest BCUT2D eigenvalue weighted by molar-refractivity contribution is -0.142. The van der Waals surface area contributed by atoms with Crippen LogP contribution in [-0.2, 0) is 15.0 Å². The molecule has 1 amide bonds. The summed E-state index contributed by atoms with van der Waals surface area (Å²) < 4.78 is 0. The molecule has 196 valence electrons. The molecule has 6 nitrogen and oxygen atoms in total. The van der Waals surface area contributed by atoms with Crippen LogP contribution in [0.1, 0.15) is 54.6 Å².